The van der Waals surface area contributed by atoms with Crippen LogP contribution in [-0.2, 0) is 25.6 Å². The van der Waals surface area contributed by atoms with Crippen LogP contribution in [0, 0.1) is 23.2 Å². The molecular formula is C29H41N5O6. The van der Waals surface area contributed by atoms with E-state index in [1.807, 2.05) is 19.9 Å². The Balaban J connectivity index is 1.89. The van der Waals surface area contributed by atoms with Crippen LogP contribution in [0.15, 0.2) is 42.9 Å². The first-order chi connectivity index (χ1) is 19.0. The minimum atomic E-state index is -1.95. The molecule has 0 aliphatic heterocycles. The maximum Gasteiger partial charge on any atom is 0.258 e. The van der Waals surface area contributed by atoms with Gasteiger partial charge in [0.05, 0.1) is 24.4 Å². The van der Waals surface area contributed by atoms with E-state index in [-0.39, 0.29) is 25.5 Å². The molecule has 0 radical (unpaired) electrons. The number of para-hydroxylation sites is 1. The lowest BCUT2D eigenvalue weighted by Gasteiger charge is -2.48. The van der Waals surface area contributed by atoms with Crippen LogP contribution in [-0.4, -0.2) is 69.8 Å². The molecule has 6 N–H and O–H groups in total. The number of amides is 2. The van der Waals surface area contributed by atoms with Gasteiger partial charge in [0.15, 0.2) is 12.4 Å². The summed E-state index contributed by atoms with van der Waals surface area (Å²) in [4.78, 5) is 61.5. The highest BCUT2D eigenvalue weighted by molar-refractivity contribution is 6.16. The normalized spacial score (nSPS) is 22.7. The van der Waals surface area contributed by atoms with Crippen molar-refractivity contribution in [2.75, 3.05) is 13.2 Å². The Labute approximate surface area is 234 Å². The molecule has 2 aromatic rings. The molecule has 1 fully saturated rings. The number of nitrogens with one attached hydrogen (secondary N) is 3. The van der Waals surface area contributed by atoms with Crippen LogP contribution in [0.5, 0.6) is 5.75 Å². The number of rotatable bonds is 13. The molecule has 218 valence electrons. The van der Waals surface area contributed by atoms with Crippen molar-refractivity contribution in [3.05, 3.63) is 48.5 Å². The monoisotopic (exact) mass is 555 g/mol. The van der Waals surface area contributed by atoms with Gasteiger partial charge in [0.2, 0.25) is 5.91 Å². The van der Waals surface area contributed by atoms with E-state index in [1.54, 1.807) is 44.3 Å². The molecule has 11 nitrogen and oxygen atoms in total. The van der Waals surface area contributed by atoms with Crippen LogP contribution in [0.4, 0.5) is 0 Å². The summed E-state index contributed by atoms with van der Waals surface area (Å²) in [6.45, 7) is 6.98. The number of ether oxygens (including phenoxy) is 1. The Kier molecular flexibility index (Phi) is 10.6. The summed E-state index contributed by atoms with van der Waals surface area (Å²) >= 11 is 0. The molecule has 11 heteroatoms. The molecule has 1 heterocycles. The summed E-state index contributed by atoms with van der Waals surface area (Å²) < 4.78 is 5.48. The van der Waals surface area contributed by atoms with Crippen LogP contribution in [0.2, 0.25) is 0 Å². The van der Waals surface area contributed by atoms with E-state index >= 15 is 0 Å². The van der Waals surface area contributed by atoms with Crippen molar-refractivity contribution in [2.24, 2.45) is 28.9 Å². The zero-order chi connectivity index (χ0) is 29.4. The molecule has 0 bridgehead atoms. The highest BCUT2D eigenvalue weighted by Gasteiger charge is 2.64. The van der Waals surface area contributed by atoms with Gasteiger partial charge in [-0.05, 0) is 30.4 Å². The number of aliphatic hydroxyl groups excluding tert-OH is 1. The average molecular weight is 556 g/mol. The molecule has 1 aromatic heterocycles. The predicted molar refractivity (Wildman–Crippen MR) is 148 cm³/mol. The van der Waals surface area contributed by atoms with Crippen molar-refractivity contribution in [3.63, 3.8) is 0 Å². The van der Waals surface area contributed by atoms with Gasteiger partial charge in [0, 0.05) is 37.3 Å². The van der Waals surface area contributed by atoms with Crippen molar-refractivity contribution in [1.29, 1.82) is 0 Å². The molecule has 0 spiro atoms. The first-order valence-corrected chi connectivity index (χ1v) is 13.7. The van der Waals surface area contributed by atoms with E-state index in [0.29, 0.717) is 18.6 Å². The average Bonchev–Trinajstić information content (AvgIpc) is 3.42. The van der Waals surface area contributed by atoms with Crippen molar-refractivity contribution in [3.8, 4) is 5.75 Å². The number of Topliss-reactive ketones (excluding diaryl/α,β-unsaturated/α-hetero) is 2. The molecule has 1 unspecified atom stereocenters. The lowest BCUT2D eigenvalue weighted by molar-refractivity contribution is -0.168. The van der Waals surface area contributed by atoms with Gasteiger partial charge in [-0.1, -0.05) is 45.9 Å². The van der Waals surface area contributed by atoms with Gasteiger partial charge >= 0.3 is 0 Å². The predicted octanol–water partition coefficient (Wildman–Crippen LogP) is 1.17. The first kappa shape index (κ1) is 31.0. The number of carbonyl (C=O) groups excluding carboxylic acids is 4. The zero-order valence-corrected chi connectivity index (χ0v) is 23.6. The minimum Gasteiger partial charge on any atom is -0.484 e. The summed E-state index contributed by atoms with van der Waals surface area (Å²) in [7, 11) is 0. The van der Waals surface area contributed by atoms with E-state index in [9.17, 15) is 24.3 Å². The molecule has 1 saturated carbocycles. The Morgan fingerprint density at radius 1 is 1.20 bits per heavy atom. The minimum absolute atomic E-state index is 0.118. The van der Waals surface area contributed by atoms with Crippen LogP contribution in [0.1, 0.15) is 46.2 Å². The van der Waals surface area contributed by atoms with E-state index in [2.05, 4.69) is 20.6 Å². The number of benzene rings is 1. The molecule has 1 aromatic carbocycles. The third-order valence-electron chi connectivity index (χ3n) is 7.46. The van der Waals surface area contributed by atoms with Gasteiger partial charge in [-0.25, -0.2) is 4.98 Å². The summed E-state index contributed by atoms with van der Waals surface area (Å²) in [6, 6.07) is 6.61. The second-order valence-electron chi connectivity index (χ2n) is 11.1. The van der Waals surface area contributed by atoms with Crippen LogP contribution in [0.25, 0.3) is 0 Å². The van der Waals surface area contributed by atoms with Crippen molar-refractivity contribution >= 4 is 23.4 Å². The number of carbonyl (C=O) groups is 4. The molecule has 40 heavy (non-hydrogen) atoms. The number of aromatic amines is 1. The lowest BCUT2D eigenvalue weighted by Crippen LogP contribution is -2.69. The van der Waals surface area contributed by atoms with Gasteiger partial charge in [0.1, 0.15) is 16.9 Å². The quantitative estimate of drug-likeness (QED) is 0.229. The van der Waals surface area contributed by atoms with Gasteiger partial charge < -0.3 is 31.2 Å². The Morgan fingerprint density at radius 2 is 1.90 bits per heavy atom. The third kappa shape index (κ3) is 6.95. The fourth-order valence-corrected chi connectivity index (χ4v) is 5.56. The van der Waals surface area contributed by atoms with Crippen molar-refractivity contribution in [1.82, 2.24) is 20.6 Å². The van der Waals surface area contributed by atoms with Crippen molar-refractivity contribution in [2.45, 2.75) is 65.1 Å². The molecule has 1 aliphatic rings. The topological polar surface area (TPSA) is 176 Å². The van der Waals surface area contributed by atoms with E-state index in [4.69, 9.17) is 10.5 Å². The fourth-order valence-electron chi connectivity index (χ4n) is 5.56. The van der Waals surface area contributed by atoms with Crippen LogP contribution >= 0.6 is 0 Å². The van der Waals surface area contributed by atoms with Crippen molar-refractivity contribution < 1.29 is 29.0 Å². The maximum atomic E-state index is 14.2. The number of nitrogens with two attached hydrogens (primary N) is 1. The molecule has 3 rings (SSSR count). The van der Waals surface area contributed by atoms with Crippen LogP contribution < -0.4 is 21.1 Å². The van der Waals surface area contributed by atoms with Gasteiger partial charge in [0.25, 0.3) is 5.91 Å². The molecule has 5 atom stereocenters. The second kappa shape index (κ2) is 13.7. The number of nitrogens with zero attached hydrogens (tertiary/aromatic N) is 1. The zero-order valence-electron chi connectivity index (χ0n) is 23.6. The standard InChI is InChI=1S/C29H41N5O6/c1-17(2)12-21(30)26(37)25-23(35)13-22(34-24(36)15-40-20-8-6-5-7-9-20)27(38)29(25,18(3)4)28(39)32-11-10-19-14-31-16-33-19/h5-9,14,16-18,21-22,25-26,37H,10-13,15,30H2,1-4H3,(H,31,33)(H,32,39)(H,34,36)/t21-,22-,25?,26+,29-/m0/s1. The highest BCUT2D eigenvalue weighted by atomic mass is 16.5. The summed E-state index contributed by atoms with van der Waals surface area (Å²) in [5, 5.41) is 16.8. The first-order valence-electron chi connectivity index (χ1n) is 13.7. The Morgan fingerprint density at radius 3 is 2.50 bits per heavy atom. The van der Waals surface area contributed by atoms with Crippen LogP contribution in [0.3, 0.4) is 0 Å². The summed E-state index contributed by atoms with van der Waals surface area (Å²) in [5.74, 6) is -3.89. The summed E-state index contributed by atoms with van der Waals surface area (Å²) in [5.41, 5.74) is 5.14. The van der Waals surface area contributed by atoms with E-state index in [0.717, 1.165) is 5.69 Å². The van der Waals surface area contributed by atoms with E-state index in [1.165, 1.54) is 6.33 Å². The maximum absolute atomic E-state index is 14.2. The number of imidazole rings is 1. The van der Waals surface area contributed by atoms with Gasteiger partial charge in [-0.3, -0.25) is 19.2 Å². The highest BCUT2D eigenvalue weighted by Crippen LogP contribution is 2.46. The van der Waals surface area contributed by atoms with Gasteiger partial charge in [-0.15, -0.1) is 0 Å². The molecule has 0 saturated heterocycles. The van der Waals surface area contributed by atoms with E-state index < -0.39 is 58.8 Å². The third-order valence-corrected chi connectivity index (χ3v) is 7.46. The Hall–Kier alpha value is -3.57. The number of hydrogen-bond donors (Lipinski definition) is 5. The molecule has 2 amide bonds. The number of aromatic nitrogens is 2. The fraction of sp³-hybridized carbons (Fsp3) is 0.552. The molecule has 1 aliphatic carbocycles. The SMILES string of the molecule is CC(C)C[C@H](N)[C@@H](O)C1C(=O)C[C@H](NC(=O)COc2ccccc2)C(=O)[C@]1(C(=O)NCCc1cnc[nH]1)C(C)C. The molecular weight excluding hydrogens is 514 g/mol. The number of ketones is 2. The van der Waals surface area contributed by atoms with Gasteiger partial charge in [-0.2, -0.15) is 0 Å². The largest absolute Gasteiger partial charge is 0.484 e. The number of H-pyrrole nitrogens is 1. The Bertz CT molecular complexity index is 1150. The number of hydrogen-bond acceptors (Lipinski definition) is 8. The summed E-state index contributed by atoms with van der Waals surface area (Å²) in [6.07, 6.45) is 2.16. The second-order valence-corrected chi connectivity index (χ2v) is 11.1. The lowest BCUT2D eigenvalue weighted by atomic mass is 9.55. The number of aliphatic hydroxyl groups is 1. The smallest absolute Gasteiger partial charge is 0.258 e.